The van der Waals surface area contributed by atoms with Crippen LogP contribution in [0, 0.1) is 19.3 Å². The minimum atomic E-state index is -0.0485. The minimum Gasteiger partial charge on any atom is -0.491 e. The largest absolute Gasteiger partial charge is 0.491 e. The molecule has 0 bridgehead atoms. The van der Waals surface area contributed by atoms with Gasteiger partial charge < -0.3 is 14.8 Å². The highest BCUT2D eigenvalue weighted by atomic mass is 16.5. The average Bonchev–Trinajstić information content (AvgIpc) is 2.41. The predicted octanol–water partition coefficient (Wildman–Crippen LogP) is 1.70. The molecule has 1 N–H and O–H groups in total. The number of rotatable bonds is 8. The number of amides is 1. The molecular weight excluding hydrogens is 254 g/mol. The van der Waals surface area contributed by atoms with E-state index in [1.54, 1.807) is 0 Å². The molecule has 1 aromatic carbocycles. The van der Waals surface area contributed by atoms with E-state index in [4.69, 9.17) is 15.9 Å². The molecule has 0 radical (unpaired) electrons. The van der Waals surface area contributed by atoms with E-state index in [0.717, 1.165) is 17.7 Å². The van der Waals surface area contributed by atoms with Gasteiger partial charge in [0.1, 0.15) is 19.0 Å². The molecular formula is C16H21NO3. The number of carbonyl (C=O) groups is 1. The summed E-state index contributed by atoms with van der Waals surface area (Å²) < 4.78 is 10.9. The molecule has 0 saturated heterocycles. The minimum absolute atomic E-state index is 0.0485. The van der Waals surface area contributed by atoms with Crippen LogP contribution in [-0.2, 0) is 16.0 Å². The fourth-order valence-electron chi connectivity index (χ4n) is 1.74. The Morgan fingerprint density at radius 1 is 1.40 bits per heavy atom. The fraction of sp³-hybridized carbons (Fsp3) is 0.438. The molecule has 1 aromatic rings. The van der Waals surface area contributed by atoms with Gasteiger partial charge in [0.25, 0.3) is 0 Å². The molecule has 4 heteroatoms. The molecule has 20 heavy (non-hydrogen) atoms. The Labute approximate surface area is 120 Å². The number of nitrogens with one attached hydrogen (secondary N) is 1. The highest BCUT2D eigenvalue weighted by Gasteiger charge is 2.02. The lowest BCUT2D eigenvalue weighted by atomic mass is 10.1. The first kappa shape index (κ1) is 16.1. The summed E-state index contributed by atoms with van der Waals surface area (Å²) in [5.41, 5.74) is 2.26. The molecule has 4 nitrogen and oxygen atoms in total. The van der Waals surface area contributed by atoms with Crippen molar-refractivity contribution >= 4 is 5.91 Å². The summed E-state index contributed by atoms with van der Waals surface area (Å²) in [5, 5.41) is 2.69. The normalized spacial score (nSPS) is 9.85. The van der Waals surface area contributed by atoms with Crippen molar-refractivity contribution in [3.05, 3.63) is 29.3 Å². The molecule has 0 atom stereocenters. The lowest BCUT2D eigenvalue weighted by Crippen LogP contribution is -2.25. The highest BCUT2D eigenvalue weighted by Crippen LogP contribution is 2.19. The molecule has 0 aliphatic heterocycles. The van der Waals surface area contributed by atoms with E-state index in [9.17, 15) is 4.79 Å². The summed E-state index contributed by atoms with van der Waals surface area (Å²) in [5.74, 6) is 3.23. The Bertz CT molecular complexity index is 477. The molecule has 108 valence electrons. The SMILES string of the molecule is C#CCOCCc1ccc(OCCNC(C)=O)c(C)c1. The first-order valence-electron chi connectivity index (χ1n) is 6.61. The zero-order chi connectivity index (χ0) is 14.8. The molecule has 0 aliphatic carbocycles. The van der Waals surface area contributed by atoms with Crippen LogP contribution >= 0.6 is 0 Å². The van der Waals surface area contributed by atoms with Gasteiger partial charge in [0, 0.05) is 6.92 Å². The summed E-state index contributed by atoms with van der Waals surface area (Å²) in [6.45, 7) is 5.43. The second kappa shape index (κ2) is 9.00. The summed E-state index contributed by atoms with van der Waals surface area (Å²) in [7, 11) is 0. The van der Waals surface area contributed by atoms with Crippen molar-refractivity contribution in [3.8, 4) is 18.1 Å². The van der Waals surface area contributed by atoms with Crippen LogP contribution in [0.5, 0.6) is 5.75 Å². The van der Waals surface area contributed by atoms with Crippen molar-refractivity contribution in [2.75, 3.05) is 26.4 Å². The van der Waals surface area contributed by atoms with E-state index in [2.05, 4.69) is 17.3 Å². The van der Waals surface area contributed by atoms with E-state index < -0.39 is 0 Å². The Balaban J connectivity index is 2.39. The van der Waals surface area contributed by atoms with Gasteiger partial charge in [0.15, 0.2) is 0 Å². The lowest BCUT2D eigenvalue weighted by Gasteiger charge is -2.11. The molecule has 0 fully saturated rings. The number of aryl methyl sites for hydroxylation is 1. The van der Waals surface area contributed by atoms with Gasteiger partial charge in [-0.3, -0.25) is 4.79 Å². The van der Waals surface area contributed by atoms with Crippen LogP contribution in [0.1, 0.15) is 18.1 Å². The van der Waals surface area contributed by atoms with E-state index >= 15 is 0 Å². The maximum absolute atomic E-state index is 10.7. The quantitative estimate of drug-likeness (QED) is 0.580. The number of carbonyl (C=O) groups excluding carboxylic acids is 1. The second-order valence-corrected chi connectivity index (χ2v) is 4.44. The second-order valence-electron chi connectivity index (χ2n) is 4.44. The Hall–Kier alpha value is -1.99. The van der Waals surface area contributed by atoms with Crippen molar-refractivity contribution < 1.29 is 14.3 Å². The Morgan fingerprint density at radius 3 is 2.85 bits per heavy atom. The molecule has 0 unspecified atom stereocenters. The summed E-state index contributed by atoms with van der Waals surface area (Å²) in [4.78, 5) is 10.7. The van der Waals surface area contributed by atoms with Crippen LogP contribution in [0.15, 0.2) is 18.2 Å². The average molecular weight is 275 g/mol. The first-order chi connectivity index (χ1) is 9.63. The van der Waals surface area contributed by atoms with Gasteiger partial charge in [-0.05, 0) is 30.5 Å². The smallest absolute Gasteiger partial charge is 0.216 e. The predicted molar refractivity (Wildman–Crippen MR) is 78.7 cm³/mol. The summed E-state index contributed by atoms with van der Waals surface area (Å²) in [6.07, 6.45) is 5.94. The molecule has 0 saturated carbocycles. The van der Waals surface area contributed by atoms with E-state index in [1.165, 1.54) is 12.5 Å². The van der Waals surface area contributed by atoms with E-state index in [0.29, 0.717) is 26.4 Å². The molecule has 0 aliphatic rings. The number of benzene rings is 1. The molecule has 0 aromatic heterocycles. The number of ether oxygens (including phenoxy) is 2. The van der Waals surface area contributed by atoms with Gasteiger partial charge >= 0.3 is 0 Å². The molecule has 1 amide bonds. The zero-order valence-corrected chi connectivity index (χ0v) is 12.1. The van der Waals surface area contributed by atoms with E-state index in [1.807, 2.05) is 19.1 Å². The van der Waals surface area contributed by atoms with Crippen molar-refractivity contribution in [1.29, 1.82) is 0 Å². The topological polar surface area (TPSA) is 47.6 Å². The molecule has 0 spiro atoms. The van der Waals surface area contributed by atoms with E-state index in [-0.39, 0.29) is 5.91 Å². The van der Waals surface area contributed by atoms with Crippen LogP contribution in [0.3, 0.4) is 0 Å². The van der Waals surface area contributed by atoms with Crippen LogP contribution in [0.25, 0.3) is 0 Å². The van der Waals surface area contributed by atoms with Crippen molar-refractivity contribution in [3.63, 3.8) is 0 Å². The summed E-state index contributed by atoms with van der Waals surface area (Å²) in [6, 6.07) is 6.03. The zero-order valence-electron chi connectivity index (χ0n) is 12.1. The van der Waals surface area contributed by atoms with Crippen molar-refractivity contribution in [2.45, 2.75) is 20.3 Å². The highest BCUT2D eigenvalue weighted by molar-refractivity contribution is 5.72. The van der Waals surface area contributed by atoms with Gasteiger partial charge in [0.05, 0.1) is 13.2 Å². The van der Waals surface area contributed by atoms with Crippen molar-refractivity contribution in [1.82, 2.24) is 5.32 Å². The van der Waals surface area contributed by atoms with Gasteiger partial charge in [-0.2, -0.15) is 0 Å². The monoisotopic (exact) mass is 275 g/mol. The third kappa shape index (κ3) is 6.26. The third-order valence-electron chi connectivity index (χ3n) is 2.69. The van der Waals surface area contributed by atoms with Crippen LogP contribution in [0.2, 0.25) is 0 Å². The maximum Gasteiger partial charge on any atom is 0.216 e. The van der Waals surface area contributed by atoms with Crippen LogP contribution in [-0.4, -0.2) is 32.3 Å². The molecule has 0 heterocycles. The lowest BCUT2D eigenvalue weighted by molar-refractivity contribution is -0.119. The fourth-order valence-corrected chi connectivity index (χ4v) is 1.74. The molecule has 1 rings (SSSR count). The summed E-state index contributed by atoms with van der Waals surface area (Å²) >= 11 is 0. The van der Waals surface area contributed by atoms with Crippen molar-refractivity contribution in [2.24, 2.45) is 0 Å². The Kier molecular flexibility index (Phi) is 7.23. The first-order valence-corrected chi connectivity index (χ1v) is 6.61. The van der Waals surface area contributed by atoms with Gasteiger partial charge in [-0.15, -0.1) is 6.42 Å². The Morgan fingerprint density at radius 2 is 2.20 bits per heavy atom. The third-order valence-corrected chi connectivity index (χ3v) is 2.69. The maximum atomic E-state index is 10.7. The van der Waals surface area contributed by atoms with Crippen LogP contribution in [0.4, 0.5) is 0 Å². The van der Waals surface area contributed by atoms with Crippen LogP contribution < -0.4 is 10.1 Å². The number of hydrogen-bond acceptors (Lipinski definition) is 3. The van der Waals surface area contributed by atoms with Gasteiger partial charge in [0.2, 0.25) is 5.91 Å². The van der Waals surface area contributed by atoms with Gasteiger partial charge in [-0.25, -0.2) is 0 Å². The number of hydrogen-bond donors (Lipinski definition) is 1. The van der Waals surface area contributed by atoms with Gasteiger partial charge in [-0.1, -0.05) is 18.1 Å². The standard InChI is InChI=1S/C16H21NO3/c1-4-9-19-10-7-15-5-6-16(13(2)12-15)20-11-8-17-14(3)18/h1,5-6,12H,7-11H2,2-3H3,(H,17,18). The number of terminal acetylenes is 1.